The third-order valence-corrected chi connectivity index (χ3v) is 0. The van der Waals surface area contributed by atoms with E-state index in [1.807, 2.05) is 18.3 Å². The topological polar surface area (TPSA) is 17.1 Å². The van der Waals surface area contributed by atoms with Crippen molar-refractivity contribution >= 4 is 28.9 Å². The van der Waals surface area contributed by atoms with Crippen LogP contribution < -0.4 is 0 Å². The van der Waals surface area contributed by atoms with Crippen molar-refractivity contribution in [1.82, 2.24) is 0 Å². The van der Waals surface area contributed by atoms with E-state index in [4.69, 9.17) is 4.79 Å². The number of hydrogen-bond acceptors (Lipinski definition) is 1. The van der Waals surface area contributed by atoms with E-state index >= 15 is 0 Å². The van der Waals surface area contributed by atoms with E-state index in [0.717, 1.165) is 0 Å². The second-order valence-corrected chi connectivity index (χ2v) is 0.465. The van der Waals surface area contributed by atoms with Crippen molar-refractivity contribution < 1.29 is 23.1 Å². The molecule has 28 valence electrons. The number of halogens is 1. The molecule has 0 saturated carbocycles. The summed E-state index contributed by atoms with van der Waals surface area (Å²) in [5.41, 5.74) is 0. The Kier molecular flexibility index (Phi) is 20.0. The summed E-state index contributed by atoms with van der Waals surface area (Å²) >= 11 is 2.04. The van der Waals surface area contributed by atoms with E-state index in [1.165, 1.54) is 0 Å². The average molecular weight is 260 g/mol. The van der Waals surface area contributed by atoms with Crippen LogP contribution in [0.25, 0.3) is 0 Å². The molecule has 3 heteroatoms. The van der Waals surface area contributed by atoms with Crippen molar-refractivity contribution in [2.75, 3.05) is 0 Å². The molecule has 4 heavy (non-hydrogen) atoms. The average Bonchev–Trinajstić information content (AvgIpc) is 0.918. The van der Waals surface area contributed by atoms with Gasteiger partial charge in [0.1, 0.15) is 0 Å². The Morgan fingerprint density at radius 2 is 1.75 bits per heavy atom. The van der Waals surface area contributed by atoms with E-state index in [1.54, 1.807) is 0 Å². The molecule has 0 fully saturated rings. The first-order chi connectivity index (χ1) is 1.41. The van der Waals surface area contributed by atoms with Gasteiger partial charge in [-0.15, -0.1) is 24.0 Å². The van der Waals surface area contributed by atoms with E-state index < -0.39 is 0 Å². The minimum atomic E-state index is 0. The molecule has 0 aliphatic carbocycles. The van der Waals surface area contributed by atoms with Gasteiger partial charge < -0.3 is 0 Å². The van der Waals surface area contributed by atoms with Gasteiger partial charge in [0, 0.05) is 0 Å². The van der Waals surface area contributed by atoms with Crippen molar-refractivity contribution in [3.05, 3.63) is 0 Å². The second-order valence-electron chi connectivity index (χ2n) is 0.0786. The van der Waals surface area contributed by atoms with Gasteiger partial charge >= 0.3 is 28.0 Å². The fourth-order valence-electron chi connectivity index (χ4n) is 0. The molecule has 0 bridgehead atoms. The predicted octanol–water partition coefficient (Wildman–Crippen LogP) is 0.341. The summed E-state index contributed by atoms with van der Waals surface area (Å²) in [6.07, 6.45) is 0. The van der Waals surface area contributed by atoms with Crippen LogP contribution in [0, 0.1) is 0 Å². The van der Waals surface area contributed by atoms with Crippen LogP contribution in [0.15, 0.2) is 0 Å². The van der Waals surface area contributed by atoms with Crippen LogP contribution in [-0.4, -0.2) is 4.88 Å². The van der Waals surface area contributed by atoms with E-state index in [-0.39, 0.29) is 24.0 Å². The fourth-order valence-corrected chi connectivity index (χ4v) is 0. The molecule has 0 spiro atoms. The fraction of sp³-hybridized carbons (Fsp3) is 0. The molecule has 0 amide bonds. The summed E-state index contributed by atoms with van der Waals surface area (Å²) in [4.78, 5) is 9.40. The third kappa shape index (κ3) is 11.8. The molecule has 1 nitrogen and oxygen atoms in total. The van der Waals surface area contributed by atoms with Gasteiger partial charge in [0.25, 0.3) is 0 Å². The van der Waals surface area contributed by atoms with Gasteiger partial charge in [-0.05, 0) is 0 Å². The summed E-state index contributed by atoms with van der Waals surface area (Å²) in [6, 6.07) is 0. The Balaban J connectivity index is 0. The van der Waals surface area contributed by atoms with Crippen LogP contribution in [0.5, 0.6) is 0 Å². The van der Waals surface area contributed by atoms with Crippen molar-refractivity contribution in [3.8, 4) is 0 Å². The first kappa shape index (κ1) is 8.90. The maximum atomic E-state index is 8.76. The zero-order valence-corrected chi connectivity index (χ0v) is 5.70. The number of hydrogen-bond donors (Lipinski definition) is 0. The van der Waals surface area contributed by atoms with Gasteiger partial charge in [-0.3, -0.25) is 0 Å². The maximum absolute atomic E-state index is 8.76. The van der Waals surface area contributed by atoms with Crippen molar-refractivity contribution in [3.63, 3.8) is 0 Å². The van der Waals surface area contributed by atoms with Gasteiger partial charge in [-0.2, -0.15) is 0 Å². The summed E-state index contributed by atoms with van der Waals surface area (Å²) in [5, 5.41) is 0. The standard InChI is InChI=1S/CHO.HI.Rh/c1-2;;/h1H;1H;. The van der Waals surface area contributed by atoms with Crippen molar-refractivity contribution in [2.45, 2.75) is 0 Å². The summed E-state index contributed by atoms with van der Waals surface area (Å²) < 4.78 is 0. The van der Waals surface area contributed by atoms with Crippen molar-refractivity contribution in [2.24, 2.45) is 0 Å². The molecule has 0 aliphatic heterocycles. The number of carbonyl (C=O) groups excluding carboxylic acids is 1. The van der Waals surface area contributed by atoms with Gasteiger partial charge in [-0.1, -0.05) is 0 Å². The molecule has 0 unspecified atom stereocenters. The Morgan fingerprint density at radius 1 is 1.75 bits per heavy atom. The zero-order valence-electron chi connectivity index (χ0n) is 1.73. The van der Waals surface area contributed by atoms with Crippen LogP contribution in [0.4, 0.5) is 0 Å². The zero-order chi connectivity index (χ0) is 2.71. The molecule has 0 radical (unpaired) electrons. The molecule has 0 saturated heterocycles. The van der Waals surface area contributed by atoms with Crippen LogP contribution in [0.1, 0.15) is 0 Å². The molecular formula is CH2IORh. The summed E-state index contributed by atoms with van der Waals surface area (Å²) in [5.74, 6) is 0. The van der Waals surface area contributed by atoms with Crippen LogP contribution in [-0.2, 0) is 23.1 Å². The minimum absolute atomic E-state index is 0. The molecular weight excluding hydrogens is 258 g/mol. The monoisotopic (exact) mass is 260 g/mol. The molecule has 0 rings (SSSR count). The molecule has 0 aliphatic rings. The van der Waals surface area contributed by atoms with Gasteiger partial charge in [-0.25, -0.2) is 0 Å². The molecule has 0 aromatic carbocycles. The Hall–Kier alpha value is 1.02. The number of rotatable bonds is 0. The predicted molar refractivity (Wildman–Crippen MR) is 22.2 cm³/mol. The Labute approximate surface area is 51.8 Å². The van der Waals surface area contributed by atoms with Gasteiger partial charge in [0.15, 0.2) is 0 Å². The Morgan fingerprint density at radius 3 is 1.75 bits per heavy atom. The van der Waals surface area contributed by atoms with Crippen LogP contribution in [0.2, 0.25) is 0 Å². The molecule has 0 aromatic heterocycles. The Bertz CT molecular complexity index is 15.5. The van der Waals surface area contributed by atoms with E-state index in [9.17, 15) is 0 Å². The van der Waals surface area contributed by atoms with E-state index in [2.05, 4.69) is 0 Å². The van der Waals surface area contributed by atoms with E-state index in [0.29, 0.717) is 4.88 Å². The van der Waals surface area contributed by atoms with Gasteiger partial charge in [0.2, 0.25) is 0 Å². The molecule has 0 aromatic rings. The first-order valence-corrected chi connectivity index (χ1v) is 1.37. The molecule has 0 atom stereocenters. The first-order valence-electron chi connectivity index (χ1n) is 0.428. The number of carbonyl (C=O) groups is 1. The second kappa shape index (κ2) is 8.98. The SMILES string of the molecule is I.O=[CH][Rh]. The van der Waals surface area contributed by atoms with Gasteiger partial charge in [0.05, 0.1) is 0 Å². The molecule has 0 N–H and O–H groups in total. The van der Waals surface area contributed by atoms with Crippen LogP contribution >= 0.6 is 24.0 Å². The quantitative estimate of drug-likeness (QED) is 0.348. The molecule has 0 heterocycles. The van der Waals surface area contributed by atoms with Crippen LogP contribution in [0.3, 0.4) is 0 Å². The normalized spacial score (nSPS) is 3.50. The third-order valence-electron chi connectivity index (χ3n) is 0. The van der Waals surface area contributed by atoms with Crippen molar-refractivity contribution in [1.29, 1.82) is 0 Å². The summed E-state index contributed by atoms with van der Waals surface area (Å²) in [6.45, 7) is 0. The summed E-state index contributed by atoms with van der Waals surface area (Å²) in [7, 11) is 0.